The largest absolute Gasteiger partial charge is 0.0887 e. The Morgan fingerprint density at radius 1 is 0.800 bits per heavy atom. The van der Waals surface area contributed by atoms with Crippen molar-refractivity contribution >= 4 is 7.85 Å². The first kappa shape index (κ1) is 15.1. The van der Waals surface area contributed by atoms with Gasteiger partial charge in [0.2, 0.25) is 0 Å². The van der Waals surface area contributed by atoms with Gasteiger partial charge in [-0.25, -0.2) is 0 Å². The number of hydrogen-bond acceptors (Lipinski definition) is 0. The zero-order valence-electron chi connectivity index (χ0n) is 10.9. The van der Waals surface area contributed by atoms with Gasteiger partial charge in [-0.3, -0.25) is 0 Å². The Labute approximate surface area is 98.6 Å². The first-order chi connectivity index (χ1) is 7.31. The first-order valence-corrected chi connectivity index (χ1v) is 7.01. The van der Waals surface area contributed by atoms with Crippen molar-refractivity contribution in [2.75, 3.05) is 0 Å². The molecule has 0 saturated heterocycles. The number of unbranched alkanes of at least 4 members (excludes halogenated alkanes) is 6. The molecule has 1 atom stereocenters. The van der Waals surface area contributed by atoms with E-state index < -0.39 is 0 Å². The SMILES string of the molecule is [B]CCCCC(C)CCCCCCCC. The molecule has 15 heavy (non-hydrogen) atoms. The molecule has 0 bridgehead atoms. The summed E-state index contributed by atoms with van der Waals surface area (Å²) in [6.45, 7) is 4.67. The third kappa shape index (κ3) is 12.0. The van der Waals surface area contributed by atoms with E-state index in [9.17, 15) is 0 Å². The fourth-order valence-corrected chi connectivity index (χ4v) is 2.05. The van der Waals surface area contributed by atoms with Crippen molar-refractivity contribution in [1.82, 2.24) is 0 Å². The molecule has 0 fully saturated rings. The summed E-state index contributed by atoms with van der Waals surface area (Å²) in [6.07, 6.45) is 14.8. The molecule has 0 aromatic heterocycles. The van der Waals surface area contributed by atoms with Crippen LogP contribution in [0.5, 0.6) is 0 Å². The minimum Gasteiger partial charge on any atom is -0.0887 e. The lowest BCUT2D eigenvalue weighted by Gasteiger charge is -2.10. The van der Waals surface area contributed by atoms with Crippen molar-refractivity contribution in [3.8, 4) is 0 Å². The second-order valence-electron chi connectivity index (χ2n) is 4.95. The maximum atomic E-state index is 5.48. The van der Waals surface area contributed by atoms with Crippen LogP contribution in [0.2, 0.25) is 6.32 Å². The lowest BCUT2D eigenvalue weighted by molar-refractivity contribution is 0.442. The molecule has 0 aliphatic heterocycles. The standard InChI is InChI=1S/C14H29B/c1-3-4-5-6-7-8-11-14(2)12-9-10-13-15/h14H,3-13H2,1-2H3. The van der Waals surface area contributed by atoms with Gasteiger partial charge in [-0.2, -0.15) is 0 Å². The molecule has 0 rings (SSSR count). The van der Waals surface area contributed by atoms with E-state index in [-0.39, 0.29) is 0 Å². The van der Waals surface area contributed by atoms with Crippen LogP contribution in [0.1, 0.15) is 78.1 Å². The highest BCUT2D eigenvalue weighted by molar-refractivity contribution is 6.08. The van der Waals surface area contributed by atoms with Crippen LogP contribution >= 0.6 is 0 Å². The molecule has 2 radical (unpaired) electrons. The van der Waals surface area contributed by atoms with Gasteiger partial charge in [-0.05, 0) is 5.92 Å². The van der Waals surface area contributed by atoms with Gasteiger partial charge in [0.25, 0.3) is 0 Å². The van der Waals surface area contributed by atoms with Crippen molar-refractivity contribution in [2.24, 2.45) is 5.92 Å². The van der Waals surface area contributed by atoms with Gasteiger partial charge in [-0.1, -0.05) is 84.4 Å². The predicted molar refractivity (Wildman–Crippen MR) is 71.6 cm³/mol. The molecule has 88 valence electrons. The van der Waals surface area contributed by atoms with E-state index >= 15 is 0 Å². The highest BCUT2D eigenvalue weighted by Gasteiger charge is 2.01. The zero-order chi connectivity index (χ0) is 11.4. The Morgan fingerprint density at radius 2 is 1.33 bits per heavy atom. The van der Waals surface area contributed by atoms with Gasteiger partial charge < -0.3 is 0 Å². The van der Waals surface area contributed by atoms with Crippen LogP contribution in [0.15, 0.2) is 0 Å². The Bertz CT molecular complexity index is 112. The zero-order valence-corrected chi connectivity index (χ0v) is 10.9. The number of rotatable bonds is 11. The topological polar surface area (TPSA) is 0 Å². The van der Waals surface area contributed by atoms with Crippen LogP contribution in [0.3, 0.4) is 0 Å². The Morgan fingerprint density at radius 3 is 1.93 bits per heavy atom. The summed E-state index contributed by atoms with van der Waals surface area (Å²) < 4.78 is 0. The molecule has 0 nitrogen and oxygen atoms in total. The van der Waals surface area contributed by atoms with Crippen molar-refractivity contribution in [1.29, 1.82) is 0 Å². The van der Waals surface area contributed by atoms with E-state index in [2.05, 4.69) is 13.8 Å². The van der Waals surface area contributed by atoms with Crippen molar-refractivity contribution < 1.29 is 0 Å². The van der Waals surface area contributed by atoms with Crippen molar-refractivity contribution in [3.05, 3.63) is 0 Å². The summed E-state index contributed by atoms with van der Waals surface area (Å²) in [5, 5.41) is 0. The molecule has 0 saturated carbocycles. The van der Waals surface area contributed by atoms with Gasteiger partial charge in [0.15, 0.2) is 0 Å². The number of hydrogen-bond donors (Lipinski definition) is 0. The second-order valence-corrected chi connectivity index (χ2v) is 4.95. The maximum absolute atomic E-state index is 5.48. The first-order valence-electron chi connectivity index (χ1n) is 7.01. The molecular formula is C14H29B. The summed E-state index contributed by atoms with van der Waals surface area (Å²) in [5.74, 6) is 0.919. The molecule has 0 aromatic rings. The van der Waals surface area contributed by atoms with Gasteiger partial charge in [0.05, 0.1) is 7.85 Å². The average Bonchev–Trinajstić information content (AvgIpc) is 2.23. The molecule has 0 aromatic carbocycles. The molecular weight excluding hydrogens is 179 g/mol. The quantitative estimate of drug-likeness (QED) is 0.326. The van der Waals surface area contributed by atoms with E-state index in [1.807, 2.05) is 0 Å². The molecule has 1 heteroatoms. The highest BCUT2D eigenvalue weighted by Crippen LogP contribution is 2.17. The molecule has 0 aliphatic rings. The van der Waals surface area contributed by atoms with Crippen LogP contribution in [-0.2, 0) is 0 Å². The monoisotopic (exact) mass is 208 g/mol. The van der Waals surface area contributed by atoms with Gasteiger partial charge in [0, 0.05) is 0 Å². The fourth-order valence-electron chi connectivity index (χ4n) is 2.05. The fraction of sp³-hybridized carbons (Fsp3) is 1.00. The summed E-state index contributed by atoms with van der Waals surface area (Å²) >= 11 is 0. The van der Waals surface area contributed by atoms with Gasteiger partial charge in [-0.15, -0.1) is 0 Å². The molecule has 1 unspecified atom stereocenters. The Hall–Kier alpha value is 0.0649. The molecule has 0 N–H and O–H groups in total. The van der Waals surface area contributed by atoms with E-state index in [0.29, 0.717) is 0 Å². The van der Waals surface area contributed by atoms with Crippen LogP contribution < -0.4 is 0 Å². The highest BCUT2D eigenvalue weighted by atomic mass is 14.1. The minimum absolute atomic E-state index is 0.865. The van der Waals surface area contributed by atoms with Crippen LogP contribution in [0.25, 0.3) is 0 Å². The second kappa shape index (κ2) is 12.1. The van der Waals surface area contributed by atoms with Crippen LogP contribution in [-0.4, -0.2) is 7.85 Å². The predicted octanol–water partition coefficient (Wildman–Crippen LogP) is 5.13. The minimum atomic E-state index is 0.865. The van der Waals surface area contributed by atoms with Crippen molar-refractivity contribution in [3.63, 3.8) is 0 Å². The summed E-state index contributed by atoms with van der Waals surface area (Å²) in [7, 11) is 5.48. The third-order valence-electron chi connectivity index (χ3n) is 3.20. The van der Waals surface area contributed by atoms with Crippen molar-refractivity contribution in [2.45, 2.75) is 84.4 Å². The van der Waals surface area contributed by atoms with Crippen LogP contribution in [0, 0.1) is 5.92 Å². The van der Waals surface area contributed by atoms with Gasteiger partial charge in [0.1, 0.15) is 0 Å². The lowest BCUT2D eigenvalue weighted by Crippen LogP contribution is -1.94. The molecule has 0 heterocycles. The van der Waals surface area contributed by atoms with E-state index in [0.717, 1.165) is 12.2 Å². The summed E-state index contributed by atoms with van der Waals surface area (Å²) in [5.41, 5.74) is 0. The third-order valence-corrected chi connectivity index (χ3v) is 3.20. The smallest absolute Gasteiger partial charge is 0.0653 e. The molecule has 0 spiro atoms. The molecule has 0 amide bonds. The average molecular weight is 208 g/mol. The maximum Gasteiger partial charge on any atom is 0.0653 e. The van der Waals surface area contributed by atoms with E-state index in [1.165, 1.54) is 64.2 Å². The Kier molecular flexibility index (Phi) is 12.2. The van der Waals surface area contributed by atoms with Gasteiger partial charge >= 0.3 is 0 Å². The van der Waals surface area contributed by atoms with E-state index in [1.54, 1.807) is 0 Å². The van der Waals surface area contributed by atoms with E-state index in [4.69, 9.17) is 7.85 Å². The summed E-state index contributed by atoms with van der Waals surface area (Å²) in [6, 6.07) is 0. The summed E-state index contributed by atoms with van der Waals surface area (Å²) in [4.78, 5) is 0. The Balaban J connectivity index is 3.06. The lowest BCUT2D eigenvalue weighted by atomic mass is 9.93. The normalized spacial score (nSPS) is 12.9. The molecule has 0 aliphatic carbocycles. The van der Waals surface area contributed by atoms with Crippen LogP contribution in [0.4, 0.5) is 0 Å².